The van der Waals surface area contributed by atoms with Crippen molar-refractivity contribution in [2.24, 2.45) is 4.99 Å². The standard InChI is InChI=1S/C18H21N5S/c1-14-7-5-6-10-16(14)23-12-11-19-17(23)21-22-18(24)20-13-15-8-3-2-4-9-15/h2-10H,11-13H2,1H3,(H,19,21)(H2,20,22,24). The lowest BCUT2D eigenvalue weighted by Crippen LogP contribution is -2.51. The molecule has 2 aromatic carbocycles. The molecule has 0 aromatic heterocycles. The summed E-state index contributed by atoms with van der Waals surface area (Å²) >= 11 is 5.31. The summed E-state index contributed by atoms with van der Waals surface area (Å²) in [4.78, 5) is 6.66. The molecule has 0 aliphatic carbocycles. The number of thiocarbonyl (C=S) groups is 1. The third kappa shape index (κ3) is 4.02. The van der Waals surface area contributed by atoms with Gasteiger partial charge in [-0.25, -0.2) is 4.99 Å². The topological polar surface area (TPSA) is 51.7 Å². The van der Waals surface area contributed by atoms with Gasteiger partial charge in [0.2, 0.25) is 5.96 Å². The van der Waals surface area contributed by atoms with Crippen LogP contribution in [0.15, 0.2) is 59.6 Å². The Morgan fingerprint density at radius 3 is 2.67 bits per heavy atom. The van der Waals surface area contributed by atoms with Crippen molar-refractivity contribution in [3.05, 3.63) is 65.7 Å². The molecule has 2 aromatic rings. The van der Waals surface area contributed by atoms with Gasteiger partial charge in [0.25, 0.3) is 0 Å². The Morgan fingerprint density at radius 2 is 1.88 bits per heavy atom. The average molecular weight is 339 g/mol. The van der Waals surface area contributed by atoms with Gasteiger partial charge in [-0.15, -0.1) is 0 Å². The van der Waals surface area contributed by atoms with Crippen LogP contribution < -0.4 is 21.1 Å². The van der Waals surface area contributed by atoms with Crippen LogP contribution in [0.1, 0.15) is 11.1 Å². The highest BCUT2D eigenvalue weighted by Crippen LogP contribution is 2.21. The van der Waals surface area contributed by atoms with Gasteiger partial charge in [-0.05, 0) is 36.3 Å². The first-order valence-electron chi connectivity index (χ1n) is 7.95. The van der Waals surface area contributed by atoms with Crippen molar-refractivity contribution in [3.8, 4) is 0 Å². The van der Waals surface area contributed by atoms with Crippen LogP contribution in [0.25, 0.3) is 0 Å². The highest BCUT2D eigenvalue weighted by molar-refractivity contribution is 7.80. The summed E-state index contributed by atoms with van der Waals surface area (Å²) in [6, 6.07) is 18.4. The number of benzene rings is 2. The highest BCUT2D eigenvalue weighted by atomic mass is 32.1. The second-order valence-corrected chi connectivity index (χ2v) is 5.97. The predicted octanol–water partition coefficient (Wildman–Crippen LogP) is 2.34. The SMILES string of the molecule is Cc1ccccc1N1CCN=C1NNC(=S)NCc1ccccc1. The number of guanidine groups is 1. The summed E-state index contributed by atoms with van der Waals surface area (Å²) in [6.07, 6.45) is 0. The molecule has 0 fully saturated rings. The van der Waals surface area contributed by atoms with Crippen molar-refractivity contribution < 1.29 is 0 Å². The molecule has 0 atom stereocenters. The smallest absolute Gasteiger partial charge is 0.217 e. The lowest BCUT2D eigenvalue weighted by molar-refractivity contribution is 0.795. The zero-order chi connectivity index (χ0) is 16.8. The van der Waals surface area contributed by atoms with Gasteiger partial charge in [-0.2, -0.15) is 0 Å². The Kier molecular flexibility index (Phi) is 5.28. The van der Waals surface area contributed by atoms with Crippen LogP contribution >= 0.6 is 12.2 Å². The molecular weight excluding hydrogens is 318 g/mol. The number of rotatable bonds is 3. The van der Waals surface area contributed by atoms with Gasteiger partial charge in [-0.3, -0.25) is 10.9 Å². The predicted molar refractivity (Wildman–Crippen MR) is 103 cm³/mol. The lowest BCUT2D eigenvalue weighted by atomic mass is 10.2. The van der Waals surface area contributed by atoms with Gasteiger partial charge in [0, 0.05) is 18.8 Å². The number of hydrogen-bond acceptors (Lipinski definition) is 4. The summed E-state index contributed by atoms with van der Waals surface area (Å²) in [5, 5.41) is 3.71. The van der Waals surface area contributed by atoms with E-state index in [9.17, 15) is 0 Å². The molecule has 0 radical (unpaired) electrons. The maximum atomic E-state index is 5.31. The number of nitrogens with zero attached hydrogens (tertiary/aromatic N) is 2. The molecule has 1 aliphatic rings. The first kappa shape index (κ1) is 16.3. The van der Waals surface area contributed by atoms with Crippen LogP contribution in [0.2, 0.25) is 0 Å². The quantitative estimate of drug-likeness (QED) is 0.592. The molecule has 1 heterocycles. The van der Waals surface area contributed by atoms with E-state index in [4.69, 9.17) is 12.2 Å². The molecule has 0 spiro atoms. The summed E-state index contributed by atoms with van der Waals surface area (Å²) in [5.74, 6) is 0.785. The Bertz CT molecular complexity index is 729. The van der Waals surface area contributed by atoms with E-state index in [1.165, 1.54) is 11.1 Å². The molecule has 0 bridgehead atoms. The summed E-state index contributed by atoms with van der Waals surface area (Å²) in [5.41, 5.74) is 9.69. The van der Waals surface area contributed by atoms with E-state index in [1.54, 1.807) is 0 Å². The van der Waals surface area contributed by atoms with Crippen LogP contribution in [-0.4, -0.2) is 24.2 Å². The van der Waals surface area contributed by atoms with Gasteiger partial charge in [0.1, 0.15) is 0 Å². The summed E-state index contributed by atoms with van der Waals surface area (Å²) in [6.45, 7) is 4.41. The second kappa shape index (κ2) is 7.79. The van der Waals surface area contributed by atoms with Crippen molar-refractivity contribution in [2.45, 2.75) is 13.5 Å². The molecular formula is C18H21N5S. The van der Waals surface area contributed by atoms with Crippen molar-refractivity contribution in [1.29, 1.82) is 0 Å². The molecule has 0 saturated carbocycles. The highest BCUT2D eigenvalue weighted by Gasteiger charge is 2.19. The Morgan fingerprint density at radius 1 is 1.12 bits per heavy atom. The third-order valence-corrected chi connectivity index (χ3v) is 4.08. The van der Waals surface area contributed by atoms with Crippen molar-refractivity contribution in [1.82, 2.24) is 16.2 Å². The molecule has 0 amide bonds. The van der Waals surface area contributed by atoms with E-state index >= 15 is 0 Å². The molecule has 0 saturated heterocycles. The number of hydrazine groups is 1. The molecule has 3 rings (SSSR count). The molecule has 124 valence electrons. The molecule has 0 unspecified atom stereocenters. The molecule has 24 heavy (non-hydrogen) atoms. The van der Waals surface area contributed by atoms with Gasteiger partial charge < -0.3 is 10.2 Å². The van der Waals surface area contributed by atoms with E-state index in [-0.39, 0.29) is 0 Å². The van der Waals surface area contributed by atoms with Crippen molar-refractivity contribution in [2.75, 3.05) is 18.0 Å². The average Bonchev–Trinajstić information content (AvgIpc) is 3.08. The number of anilines is 1. The molecule has 1 aliphatic heterocycles. The maximum Gasteiger partial charge on any atom is 0.217 e. The summed E-state index contributed by atoms with van der Waals surface area (Å²) < 4.78 is 0. The van der Waals surface area contributed by atoms with Crippen molar-refractivity contribution in [3.63, 3.8) is 0 Å². The van der Waals surface area contributed by atoms with Crippen LogP contribution in [0, 0.1) is 6.92 Å². The molecule has 3 N–H and O–H groups in total. The van der Waals surface area contributed by atoms with Gasteiger partial charge in [0.15, 0.2) is 5.11 Å². The minimum absolute atomic E-state index is 0.540. The fraction of sp³-hybridized carbons (Fsp3) is 0.222. The van der Waals surface area contributed by atoms with Gasteiger partial charge in [-0.1, -0.05) is 48.5 Å². The van der Waals surface area contributed by atoms with Crippen LogP contribution in [-0.2, 0) is 6.54 Å². The number of hydrogen-bond donors (Lipinski definition) is 3. The Labute approximate surface area is 147 Å². The number of nitrogens with one attached hydrogen (secondary N) is 3. The second-order valence-electron chi connectivity index (χ2n) is 5.56. The van der Waals surface area contributed by atoms with E-state index in [1.807, 2.05) is 30.3 Å². The first-order valence-corrected chi connectivity index (χ1v) is 8.36. The normalized spacial score (nSPS) is 13.4. The van der Waals surface area contributed by atoms with Gasteiger partial charge in [0.05, 0.1) is 6.54 Å². The fourth-order valence-electron chi connectivity index (χ4n) is 2.59. The zero-order valence-corrected chi connectivity index (χ0v) is 14.4. The zero-order valence-electron chi connectivity index (χ0n) is 13.6. The lowest BCUT2D eigenvalue weighted by Gasteiger charge is -2.23. The Hall–Kier alpha value is -2.60. The first-order chi connectivity index (χ1) is 11.7. The summed E-state index contributed by atoms with van der Waals surface area (Å²) in [7, 11) is 0. The van der Waals surface area contributed by atoms with Crippen LogP contribution in [0.3, 0.4) is 0 Å². The number of para-hydroxylation sites is 1. The third-order valence-electron chi connectivity index (χ3n) is 3.83. The number of aliphatic imine (C=N–C) groups is 1. The monoisotopic (exact) mass is 339 g/mol. The van der Waals surface area contributed by atoms with E-state index in [2.05, 4.69) is 57.2 Å². The molecule has 5 nitrogen and oxygen atoms in total. The number of aryl methyl sites for hydroxylation is 1. The van der Waals surface area contributed by atoms with E-state index in [0.29, 0.717) is 11.7 Å². The van der Waals surface area contributed by atoms with Crippen molar-refractivity contribution >= 4 is 29.0 Å². The minimum Gasteiger partial charge on any atom is -0.357 e. The Balaban J connectivity index is 1.52. The maximum absolute atomic E-state index is 5.31. The van der Waals surface area contributed by atoms with E-state index in [0.717, 1.165) is 24.7 Å². The van der Waals surface area contributed by atoms with Crippen LogP contribution in [0.4, 0.5) is 5.69 Å². The molecule has 6 heteroatoms. The minimum atomic E-state index is 0.540. The van der Waals surface area contributed by atoms with E-state index < -0.39 is 0 Å². The van der Waals surface area contributed by atoms with Crippen LogP contribution in [0.5, 0.6) is 0 Å². The largest absolute Gasteiger partial charge is 0.357 e. The van der Waals surface area contributed by atoms with Gasteiger partial charge >= 0.3 is 0 Å². The fourth-order valence-corrected chi connectivity index (χ4v) is 2.71.